The van der Waals surface area contributed by atoms with Crippen molar-refractivity contribution in [2.75, 3.05) is 34.4 Å². The average molecular weight is 639 g/mol. The molecular weight excluding hydrogens is 604 g/mol. The lowest BCUT2D eigenvalue weighted by molar-refractivity contribution is -0.115. The smallest absolute Gasteiger partial charge is 0.272 e. The molecule has 2 aromatic carbocycles. The highest BCUT2D eigenvalue weighted by Crippen LogP contribution is 2.39. The topological polar surface area (TPSA) is 255 Å². The number of rotatable bonds is 10. The first-order valence-corrected chi connectivity index (χ1v) is 14.3. The van der Waals surface area contributed by atoms with Crippen molar-refractivity contribution in [3.05, 3.63) is 83.4 Å². The van der Waals surface area contributed by atoms with Crippen molar-refractivity contribution < 1.29 is 19.2 Å². The molecule has 0 fully saturated rings. The van der Waals surface area contributed by atoms with Gasteiger partial charge in [0.05, 0.1) is 11.4 Å². The van der Waals surface area contributed by atoms with E-state index < -0.39 is 11.8 Å². The molecule has 1 aliphatic rings. The second-order valence-electron chi connectivity index (χ2n) is 10.9. The second-order valence-corrected chi connectivity index (χ2v) is 10.9. The molecule has 1 aliphatic carbocycles. The summed E-state index contributed by atoms with van der Waals surface area (Å²) in [6, 6.07) is 14.5. The van der Waals surface area contributed by atoms with Gasteiger partial charge < -0.3 is 53.3 Å². The van der Waals surface area contributed by atoms with Crippen LogP contribution in [0.5, 0.6) is 0 Å². The summed E-state index contributed by atoms with van der Waals surface area (Å²) in [5.74, 6) is -1.93. The van der Waals surface area contributed by atoms with Gasteiger partial charge in [-0.1, -0.05) is 12.1 Å². The van der Waals surface area contributed by atoms with Crippen molar-refractivity contribution >= 4 is 58.3 Å². The molecule has 0 radical (unpaired) electrons. The van der Waals surface area contributed by atoms with E-state index in [4.69, 9.17) is 22.9 Å². The van der Waals surface area contributed by atoms with Crippen LogP contribution in [0.1, 0.15) is 32.1 Å². The van der Waals surface area contributed by atoms with Crippen LogP contribution in [0.4, 0.5) is 22.7 Å². The van der Waals surface area contributed by atoms with Gasteiger partial charge in [-0.25, -0.2) is 9.98 Å². The Bertz CT molecular complexity index is 1820. The number of hydrogen-bond acceptors (Lipinski definition) is 6. The van der Waals surface area contributed by atoms with Crippen LogP contribution in [-0.2, 0) is 30.1 Å². The molecule has 0 spiro atoms. The van der Waals surface area contributed by atoms with E-state index in [1.54, 1.807) is 47.8 Å². The van der Waals surface area contributed by atoms with Crippen molar-refractivity contribution in [3.63, 3.8) is 0 Å². The van der Waals surface area contributed by atoms with Gasteiger partial charge in [0, 0.05) is 37.9 Å². The molecule has 0 atom stereocenters. The third-order valence-corrected chi connectivity index (χ3v) is 7.25. The quantitative estimate of drug-likeness (QED) is 0.0802. The molecule has 0 unspecified atom stereocenters. The number of nitrogens with one attached hydrogen (secondary N) is 4. The zero-order valence-corrected chi connectivity index (χ0v) is 25.6. The van der Waals surface area contributed by atoms with Crippen LogP contribution in [0.25, 0.3) is 11.1 Å². The van der Waals surface area contributed by atoms with Gasteiger partial charge in [-0.15, -0.1) is 0 Å². The zero-order chi connectivity index (χ0) is 33.8. The number of guanidine groups is 2. The van der Waals surface area contributed by atoms with Crippen LogP contribution in [0.3, 0.4) is 0 Å². The molecule has 4 amide bonds. The molecule has 16 nitrogen and oxygen atoms in total. The van der Waals surface area contributed by atoms with Gasteiger partial charge >= 0.3 is 0 Å². The number of benzene rings is 2. The number of aromatic nitrogens is 2. The number of amides is 4. The minimum absolute atomic E-state index is 0.192. The van der Waals surface area contributed by atoms with Crippen LogP contribution in [0.15, 0.2) is 70.9 Å². The zero-order valence-electron chi connectivity index (χ0n) is 25.6. The lowest BCUT2D eigenvalue weighted by atomic mass is 10.0. The van der Waals surface area contributed by atoms with Gasteiger partial charge in [0.1, 0.15) is 24.5 Å². The molecular formula is C31H34N12O4. The van der Waals surface area contributed by atoms with Crippen molar-refractivity contribution in [1.29, 1.82) is 0 Å². The second kappa shape index (κ2) is 13.2. The normalized spacial score (nSPS) is 11.1. The fourth-order valence-electron chi connectivity index (χ4n) is 5.20. The lowest BCUT2D eigenvalue weighted by Crippen LogP contribution is -2.25. The Labute approximate surface area is 268 Å². The van der Waals surface area contributed by atoms with Crippen LogP contribution in [-0.4, -0.2) is 57.8 Å². The first-order chi connectivity index (χ1) is 22.4. The summed E-state index contributed by atoms with van der Waals surface area (Å²) in [7, 11) is 3.39. The van der Waals surface area contributed by atoms with Crippen LogP contribution >= 0.6 is 0 Å². The third kappa shape index (κ3) is 7.56. The number of anilines is 4. The summed E-state index contributed by atoms with van der Waals surface area (Å²) in [5.41, 5.74) is 27.9. The number of hydrogen-bond donors (Lipinski definition) is 8. The summed E-state index contributed by atoms with van der Waals surface area (Å²) < 4.78 is 3.21. The maximum Gasteiger partial charge on any atom is 0.272 e. The molecule has 4 aromatic rings. The number of carbonyl (C=O) groups excluding carboxylic acids is 4. The molecule has 47 heavy (non-hydrogen) atoms. The fourth-order valence-corrected chi connectivity index (χ4v) is 5.20. The maximum atomic E-state index is 13.1. The van der Waals surface area contributed by atoms with Crippen LogP contribution < -0.4 is 44.2 Å². The maximum absolute atomic E-state index is 13.1. The van der Waals surface area contributed by atoms with E-state index in [9.17, 15) is 19.2 Å². The summed E-state index contributed by atoms with van der Waals surface area (Å²) in [6.07, 6.45) is 3.83. The third-order valence-electron chi connectivity index (χ3n) is 7.25. The van der Waals surface area contributed by atoms with Crippen LogP contribution in [0, 0.1) is 0 Å². The molecule has 0 saturated heterocycles. The van der Waals surface area contributed by atoms with Gasteiger partial charge in [-0.3, -0.25) is 19.2 Å². The largest absolute Gasteiger partial charge is 0.370 e. The first kappa shape index (κ1) is 31.8. The predicted octanol–water partition coefficient (Wildman–Crippen LogP) is 0.863. The highest BCUT2D eigenvalue weighted by molar-refractivity contribution is 6.06. The SMILES string of the molecule is Cn1cc(NC(=O)CN=C(N)N)cc1C(=O)Nc1ccc2c(c1)Cc1cc(NC(=O)c3cc(NC(=O)CN=C(N)N)cn3C)ccc1-2. The van der Waals surface area contributed by atoms with Gasteiger partial charge in [-0.2, -0.15) is 0 Å². The van der Waals surface area contributed by atoms with Crippen molar-refractivity contribution in [1.82, 2.24) is 9.13 Å². The number of carbonyl (C=O) groups is 4. The molecule has 0 bridgehead atoms. The Morgan fingerprint density at radius 2 is 1.02 bits per heavy atom. The fraction of sp³-hybridized carbons (Fsp3) is 0.161. The molecule has 0 saturated carbocycles. The van der Waals surface area contributed by atoms with E-state index in [0.717, 1.165) is 22.3 Å². The molecule has 16 heteroatoms. The molecule has 2 heterocycles. The van der Waals surface area contributed by atoms with Gasteiger partial charge in [0.25, 0.3) is 11.8 Å². The van der Waals surface area contributed by atoms with E-state index in [2.05, 4.69) is 31.3 Å². The Hall–Kier alpha value is -6.58. The van der Waals surface area contributed by atoms with Gasteiger partial charge in [-0.05, 0) is 65.1 Å². The number of fused-ring (bicyclic) bond motifs is 3. The number of aliphatic imine (C=N–C) groups is 2. The van der Waals surface area contributed by atoms with E-state index in [1.165, 1.54) is 0 Å². The highest BCUT2D eigenvalue weighted by atomic mass is 16.2. The minimum Gasteiger partial charge on any atom is -0.370 e. The lowest BCUT2D eigenvalue weighted by Gasteiger charge is -2.09. The predicted molar refractivity (Wildman–Crippen MR) is 180 cm³/mol. The molecule has 0 aliphatic heterocycles. The van der Waals surface area contributed by atoms with Crippen LogP contribution in [0.2, 0.25) is 0 Å². The van der Waals surface area contributed by atoms with E-state index in [1.807, 2.05) is 36.4 Å². The Morgan fingerprint density at radius 3 is 1.40 bits per heavy atom. The molecule has 2 aromatic heterocycles. The standard InChI is InChI=1S/C31H34N12O4/c1-42-14-20(38-26(44)12-36-30(32)33)10-24(42)28(46)40-18-3-5-22-16(8-18)7-17-9-19(4-6-23(17)22)41-29(47)25-11-21(15-43(25)2)39-27(45)13-37-31(34)35/h3-6,8-11,14-15H,7,12-13H2,1-2H3,(H,38,44)(H,39,45)(H,40,46)(H,41,47)(H4,32,33,36)(H4,34,35,37). The number of nitrogens with two attached hydrogens (primary N) is 4. The van der Waals surface area contributed by atoms with E-state index in [0.29, 0.717) is 40.6 Å². The summed E-state index contributed by atoms with van der Waals surface area (Å²) in [4.78, 5) is 57.6. The molecule has 242 valence electrons. The summed E-state index contributed by atoms with van der Waals surface area (Å²) in [5, 5.41) is 11.1. The Morgan fingerprint density at radius 1 is 0.617 bits per heavy atom. The van der Waals surface area contributed by atoms with Crippen molar-refractivity contribution in [2.24, 2.45) is 47.0 Å². The highest BCUT2D eigenvalue weighted by Gasteiger charge is 2.21. The summed E-state index contributed by atoms with van der Waals surface area (Å²) in [6.45, 7) is -0.467. The van der Waals surface area contributed by atoms with Crippen molar-refractivity contribution in [2.45, 2.75) is 6.42 Å². The van der Waals surface area contributed by atoms with Gasteiger partial charge in [0.15, 0.2) is 11.9 Å². The van der Waals surface area contributed by atoms with Crippen molar-refractivity contribution in [3.8, 4) is 11.1 Å². The molecule has 5 rings (SSSR count). The Balaban J connectivity index is 1.22. The number of aryl methyl sites for hydroxylation is 2. The van der Waals surface area contributed by atoms with E-state index in [-0.39, 0.29) is 36.8 Å². The van der Waals surface area contributed by atoms with Gasteiger partial charge in [0.2, 0.25) is 11.8 Å². The monoisotopic (exact) mass is 638 g/mol. The van der Waals surface area contributed by atoms with E-state index >= 15 is 0 Å². The minimum atomic E-state index is -0.423. The molecule has 12 N–H and O–H groups in total. The summed E-state index contributed by atoms with van der Waals surface area (Å²) >= 11 is 0. The Kier molecular flexibility index (Phi) is 8.93. The number of nitrogens with zero attached hydrogens (tertiary/aromatic N) is 4. The average Bonchev–Trinajstić information content (AvgIpc) is 3.68. The first-order valence-electron chi connectivity index (χ1n) is 14.3.